The van der Waals surface area contributed by atoms with E-state index in [1.807, 2.05) is 6.92 Å². The van der Waals surface area contributed by atoms with E-state index in [2.05, 4.69) is 9.97 Å². The van der Waals surface area contributed by atoms with E-state index in [0.29, 0.717) is 25.9 Å². The first-order valence-electron chi connectivity index (χ1n) is 6.42. The maximum Gasteiger partial charge on any atom is 0.311 e. The standard InChI is InChI=1S/C13H19N3O3/c1-9(5-10-6-14-8-15-10)11(17)16-4-3-13(2,7-16)12(18)19/h6,8-9H,3-5,7H2,1-2H3,(H,14,15)(H,18,19). The van der Waals surface area contributed by atoms with E-state index in [0.717, 1.165) is 5.69 Å². The molecule has 1 aromatic heterocycles. The molecule has 0 aromatic carbocycles. The smallest absolute Gasteiger partial charge is 0.311 e. The van der Waals surface area contributed by atoms with E-state index in [-0.39, 0.29) is 11.8 Å². The molecule has 0 aliphatic carbocycles. The fourth-order valence-corrected chi connectivity index (χ4v) is 2.45. The summed E-state index contributed by atoms with van der Waals surface area (Å²) < 4.78 is 0. The summed E-state index contributed by atoms with van der Waals surface area (Å²) >= 11 is 0. The normalized spacial score (nSPS) is 24.4. The van der Waals surface area contributed by atoms with E-state index < -0.39 is 11.4 Å². The number of hydrogen-bond donors (Lipinski definition) is 2. The molecule has 1 saturated heterocycles. The highest BCUT2D eigenvalue weighted by atomic mass is 16.4. The van der Waals surface area contributed by atoms with Gasteiger partial charge >= 0.3 is 5.97 Å². The number of nitrogens with one attached hydrogen (secondary N) is 1. The largest absolute Gasteiger partial charge is 0.481 e. The van der Waals surface area contributed by atoms with E-state index in [1.165, 1.54) is 0 Å². The molecule has 0 saturated carbocycles. The summed E-state index contributed by atoms with van der Waals surface area (Å²) in [5.41, 5.74) is 0.115. The monoisotopic (exact) mass is 265 g/mol. The van der Waals surface area contributed by atoms with Gasteiger partial charge in [-0.2, -0.15) is 0 Å². The molecular weight excluding hydrogens is 246 g/mol. The van der Waals surface area contributed by atoms with Gasteiger partial charge in [-0.1, -0.05) is 6.92 Å². The molecule has 2 atom stereocenters. The second kappa shape index (κ2) is 5.03. The third-order valence-electron chi connectivity index (χ3n) is 3.80. The molecule has 0 bridgehead atoms. The number of carbonyl (C=O) groups is 2. The minimum atomic E-state index is -0.830. The van der Waals surface area contributed by atoms with Gasteiger partial charge in [0.05, 0.1) is 11.7 Å². The number of aromatic nitrogens is 2. The summed E-state index contributed by atoms with van der Waals surface area (Å²) in [6.07, 6.45) is 4.41. The van der Waals surface area contributed by atoms with E-state index in [1.54, 1.807) is 24.3 Å². The van der Waals surface area contributed by atoms with Crippen LogP contribution in [0.25, 0.3) is 0 Å². The van der Waals surface area contributed by atoms with Crippen molar-refractivity contribution < 1.29 is 14.7 Å². The van der Waals surface area contributed by atoms with Crippen LogP contribution in [0.4, 0.5) is 0 Å². The van der Waals surface area contributed by atoms with Gasteiger partial charge in [-0.05, 0) is 13.3 Å². The molecule has 1 aliphatic rings. The third kappa shape index (κ3) is 2.77. The van der Waals surface area contributed by atoms with Gasteiger partial charge in [0.2, 0.25) is 5.91 Å². The maximum absolute atomic E-state index is 12.3. The average molecular weight is 265 g/mol. The highest BCUT2D eigenvalue weighted by Crippen LogP contribution is 2.31. The van der Waals surface area contributed by atoms with Crippen molar-refractivity contribution in [2.45, 2.75) is 26.7 Å². The minimum Gasteiger partial charge on any atom is -0.481 e. The first-order chi connectivity index (χ1) is 8.92. The van der Waals surface area contributed by atoms with Crippen LogP contribution in [-0.2, 0) is 16.0 Å². The van der Waals surface area contributed by atoms with Gasteiger partial charge in [0.15, 0.2) is 0 Å². The first-order valence-corrected chi connectivity index (χ1v) is 6.42. The molecule has 104 valence electrons. The van der Waals surface area contributed by atoms with Crippen molar-refractivity contribution in [3.05, 3.63) is 18.2 Å². The van der Waals surface area contributed by atoms with Crippen molar-refractivity contribution in [3.8, 4) is 0 Å². The summed E-state index contributed by atoms with van der Waals surface area (Å²) in [6, 6.07) is 0. The average Bonchev–Trinajstić information content (AvgIpc) is 2.98. The lowest BCUT2D eigenvalue weighted by atomic mass is 9.90. The summed E-state index contributed by atoms with van der Waals surface area (Å²) in [5.74, 6) is -0.986. The topological polar surface area (TPSA) is 86.3 Å². The zero-order chi connectivity index (χ0) is 14.0. The van der Waals surface area contributed by atoms with Crippen LogP contribution < -0.4 is 0 Å². The van der Waals surface area contributed by atoms with Gasteiger partial charge in [0.25, 0.3) is 0 Å². The van der Waals surface area contributed by atoms with Crippen LogP contribution in [0.1, 0.15) is 26.0 Å². The number of rotatable bonds is 4. The zero-order valence-corrected chi connectivity index (χ0v) is 11.2. The first kappa shape index (κ1) is 13.6. The number of likely N-dealkylation sites (tertiary alicyclic amines) is 1. The molecule has 1 fully saturated rings. The fourth-order valence-electron chi connectivity index (χ4n) is 2.45. The Labute approximate surface area is 111 Å². The Hall–Kier alpha value is -1.85. The molecule has 2 N–H and O–H groups in total. The van der Waals surface area contributed by atoms with E-state index in [9.17, 15) is 9.59 Å². The number of amides is 1. The summed E-state index contributed by atoms with van der Waals surface area (Å²) in [4.78, 5) is 32.0. The number of imidazole rings is 1. The molecule has 2 heterocycles. The lowest BCUT2D eigenvalue weighted by molar-refractivity contribution is -0.147. The van der Waals surface area contributed by atoms with Gasteiger partial charge in [-0.15, -0.1) is 0 Å². The zero-order valence-electron chi connectivity index (χ0n) is 11.2. The van der Waals surface area contributed by atoms with E-state index in [4.69, 9.17) is 5.11 Å². The van der Waals surface area contributed by atoms with Gasteiger partial charge < -0.3 is 15.0 Å². The van der Waals surface area contributed by atoms with Crippen molar-refractivity contribution in [1.82, 2.24) is 14.9 Å². The molecule has 2 rings (SSSR count). The highest BCUT2D eigenvalue weighted by molar-refractivity contribution is 5.82. The SMILES string of the molecule is CC(Cc1cnc[nH]1)C(=O)N1CCC(C)(C(=O)O)C1. The Kier molecular flexibility index (Phi) is 3.59. The molecular formula is C13H19N3O3. The van der Waals surface area contributed by atoms with Crippen LogP contribution in [0.3, 0.4) is 0 Å². The Bertz CT molecular complexity index is 471. The van der Waals surface area contributed by atoms with Gasteiger partial charge in [0, 0.05) is 37.3 Å². The van der Waals surface area contributed by atoms with Crippen LogP contribution in [0.5, 0.6) is 0 Å². The van der Waals surface area contributed by atoms with Crippen LogP contribution >= 0.6 is 0 Å². The maximum atomic E-state index is 12.3. The third-order valence-corrected chi connectivity index (χ3v) is 3.80. The van der Waals surface area contributed by atoms with Gasteiger partial charge in [-0.25, -0.2) is 4.98 Å². The van der Waals surface area contributed by atoms with Crippen molar-refractivity contribution in [1.29, 1.82) is 0 Å². The number of H-pyrrole nitrogens is 1. The Balaban J connectivity index is 1.96. The fraction of sp³-hybridized carbons (Fsp3) is 0.615. The molecule has 1 aromatic rings. The summed E-state index contributed by atoms with van der Waals surface area (Å²) in [6.45, 7) is 4.38. The Morgan fingerprint density at radius 1 is 1.63 bits per heavy atom. The second-order valence-corrected chi connectivity index (χ2v) is 5.56. The number of carbonyl (C=O) groups excluding carboxylic acids is 1. The molecule has 2 unspecified atom stereocenters. The second-order valence-electron chi connectivity index (χ2n) is 5.56. The number of aromatic amines is 1. The van der Waals surface area contributed by atoms with Crippen LogP contribution in [0, 0.1) is 11.3 Å². The number of hydrogen-bond acceptors (Lipinski definition) is 3. The van der Waals surface area contributed by atoms with Crippen molar-refractivity contribution in [2.24, 2.45) is 11.3 Å². The Morgan fingerprint density at radius 2 is 2.37 bits per heavy atom. The summed E-state index contributed by atoms with van der Waals surface area (Å²) in [7, 11) is 0. The highest BCUT2D eigenvalue weighted by Gasteiger charge is 2.42. The predicted molar refractivity (Wildman–Crippen MR) is 68.4 cm³/mol. The number of nitrogens with zero attached hydrogens (tertiary/aromatic N) is 2. The van der Waals surface area contributed by atoms with Gasteiger partial charge in [-0.3, -0.25) is 9.59 Å². The minimum absolute atomic E-state index is 0.0135. The van der Waals surface area contributed by atoms with Crippen LogP contribution in [0.2, 0.25) is 0 Å². The molecule has 0 radical (unpaired) electrons. The van der Waals surface area contributed by atoms with Crippen molar-refractivity contribution in [2.75, 3.05) is 13.1 Å². The van der Waals surface area contributed by atoms with Crippen LogP contribution in [-0.4, -0.2) is 44.9 Å². The van der Waals surface area contributed by atoms with Crippen molar-refractivity contribution >= 4 is 11.9 Å². The van der Waals surface area contributed by atoms with Gasteiger partial charge in [0.1, 0.15) is 0 Å². The predicted octanol–water partition coefficient (Wildman–Crippen LogP) is 0.911. The molecule has 0 spiro atoms. The quantitative estimate of drug-likeness (QED) is 0.847. The number of carboxylic acid groups (broad SMARTS) is 1. The molecule has 19 heavy (non-hydrogen) atoms. The molecule has 6 heteroatoms. The lowest BCUT2D eigenvalue weighted by Gasteiger charge is -2.22. The number of aliphatic carboxylic acids is 1. The lowest BCUT2D eigenvalue weighted by Crippen LogP contribution is -2.37. The summed E-state index contributed by atoms with van der Waals surface area (Å²) in [5, 5.41) is 9.17. The Morgan fingerprint density at radius 3 is 2.89 bits per heavy atom. The molecule has 1 amide bonds. The number of carboxylic acids is 1. The van der Waals surface area contributed by atoms with Crippen LogP contribution in [0.15, 0.2) is 12.5 Å². The molecule has 6 nitrogen and oxygen atoms in total. The molecule has 1 aliphatic heterocycles. The van der Waals surface area contributed by atoms with E-state index >= 15 is 0 Å². The van der Waals surface area contributed by atoms with Crippen molar-refractivity contribution in [3.63, 3.8) is 0 Å².